The fourth-order valence-electron chi connectivity index (χ4n) is 2.22. The summed E-state index contributed by atoms with van der Waals surface area (Å²) in [4.78, 5) is 11.3. The van der Waals surface area contributed by atoms with E-state index in [1.165, 1.54) is 18.7 Å². The number of hydrogen-bond donors (Lipinski definition) is 1. The zero-order valence-corrected chi connectivity index (χ0v) is 16.2. The molecule has 2 aromatic heterocycles. The molecule has 3 aromatic rings. The van der Waals surface area contributed by atoms with Gasteiger partial charge in [0.1, 0.15) is 0 Å². The summed E-state index contributed by atoms with van der Waals surface area (Å²) in [7, 11) is 0. The zero-order valence-electron chi connectivity index (χ0n) is 13.9. The van der Waals surface area contributed by atoms with Crippen LogP contribution in [-0.2, 0) is 17.1 Å². The van der Waals surface area contributed by atoms with E-state index in [4.69, 9.17) is 27.8 Å². The lowest BCUT2D eigenvalue weighted by molar-refractivity contribution is -0.114. The number of benzene rings is 1. The minimum Gasteiger partial charge on any atom is -0.306 e. The second-order valence-electron chi connectivity index (χ2n) is 5.22. The Morgan fingerprint density at radius 2 is 2.12 bits per heavy atom. The third-order valence-corrected chi connectivity index (χ3v) is 5.00. The molecule has 8 nitrogen and oxygen atoms in total. The maximum absolute atomic E-state index is 11.3. The van der Waals surface area contributed by atoms with Gasteiger partial charge in [0.25, 0.3) is 0 Å². The number of carbonyl (C=O) groups excluding carboxylic acids is 1. The van der Waals surface area contributed by atoms with Gasteiger partial charge in [-0.2, -0.15) is 0 Å². The van der Waals surface area contributed by atoms with Gasteiger partial charge in [-0.1, -0.05) is 41.0 Å². The molecule has 0 unspecified atom stereocenters. The smallest absolute Gasteiger partial charge is 0.222 e. The van der Waals surface area contributed by atoms with Crippen molar-refractivity contribution in [2.75, 3.05) is 5.32 Å². The number of aromatic nitrogens is 5. The highest BCUT2D eigenvalue weighted by atomic mass is 35.5. The second kappa shape index (κ2) is 8.07. The molecule has 136 valence electrons. The minimum absolute atomic E-state index is 0.205. The number of anilines is 1. The van der Waals surface area contributed by atoms with Crippen LogP contribution in [0, 0.1) is 0 Å². The van der Waals surface area contributed by atoms with Crippen molar-refractivity contribution in [3.8, 4) is 11.5 Å². The number of nitrogens with zero attached hydrogens (tertiary/aromatic N) is 5. The summed E-state index contributed by atoms with van der Waals surface area (Å²) < 4.78 is 6.59. The van der Waals surface area contributed by atoms with Crippen LogP contribution in [-0.4, -0.2) is 31.0 Å². The second-order valence-corrected chi connectivity index (χ2v) is 7.00. The first-order chi connectivity index (χ1) is 12.5. The van der Waals surface area contributed by atoms with Crippen LogP contribution in [0.25, 0.3) is 11.5 Å². The van der Waals surface area contributed by atoms with E-state index in [1.807, 2.05) is 17.6 Å². The number of thioether (sulfide) groups is 1. The maximum atomic E-state index is 11.3. The molecule has 0 saturated heterocycles. The third kappa shape index (κ3) is 4.00. The number of rotatable bonds is 6. The van der Waals surface area contributed by atoms with Crippen molar-refractivity contribution >= 4 is 46.7 Å². The first-order valence-corrected chi connectivity index (χ1v) is 9.34. The molecular formula is C15H14Cl2N6O2S. The SMILES string of the molecule is CCn1c(SCc2ccc(Cl)cc2Cl)nnc1-c1nonc1NC(C)=O. The number of halogens is 2. The molecule has 1 N–H and O–H groups in total. The van der Waals surface area contributed by atoms with E-state index in [9.17, 15) is 4.79 Å². The van der Waals surface area contributed by atoms with Crippen LogP contribution in [0.1, 0.15) is 19.4 Å². The molecule has 11 heteroatoms. The largest absolute Gasteiger partial charge is 0.306 e. The molecule has 0 radical (unpaired) electrons. The number of carbonyl (C=O) groups is 1. The average molecular weight is 413 g/mol. The molecular weight excluding hydrogens is 399 g/mol. The summed E-state index contributed by atoms with van der Waals surface area (Å²) in [6.07, 6.45) is 0. The average Bonchev–Trinajstić information content (AvgIpc) is 3.19. The van der Waals surface area contributed by atoms with Crippen LogP contribution < -0.4 is 5.32 Å². The van der Waals surface area contributed by atoms with E-state index in [1.54, 1.807) is 12.1 Å². The third-order valence-electron chi connectivity index (χ3n) is 3.40. The van der Waals surface area contributed by atoms with E-state index in [2.05, 4.69) is 25.8 Å². The molecule has 0 aliphatic carbocycles. The quantitative estimate of drug-likeness (QED) is 0.612. The summed E-state index contributed by atoms with van der Waals surface area (Å²) in [5, 5.41) is 20.3. The van der Waals surface area contributed by atoms with Crippen LogP contribution in [0.4, 0.5) is 5.82 Å². The van der Waals surface area contributed by atoms with Gasteiger partial charge < -0.3 is 9.88 Å². The van der Waals surface area contributed by atoms with Crippen molar-refractivity contribution in [3.05, 3.63) is 33.8 Å². The molecule has 3 rings (SSSR count). The highest BCUT2D eigenvalue weighted by Crippen LogP contribution is 2.31. The standard InChI is InChI=1S/C15H14Cl2N6O2S/c1-3-23-14(12-13(18-8(2)24)22-25-21-12)19-20-15(23)26-7-9-4-5-10(16)6-11(9)17/h4-6H,3,7H2,1-2H3,(H,18,22,24). The van der Waals surface area contributed by atoms with Gasteiger partial charge >= 0.3 is 0 Å². The fourth-order valence-corrected chi connectivity index (χ4v) is 3.78. The number of hydrogen-bond acceptors (Lipinski definition) is 7. The van der Waals surface area contributed by atoms with Crippen molar-refractivity contribution in [1.29, 1.82) is 0 Å². The molecule has 1 aromatic carbocycles. The Balaban J connectivity index is 1.85. The summed E-state index contributed by atoms with van der Waals surface area (Å²) >= 11 is 13.6. The van der Waals surface area contributed by atoms with Crippen molar-refractivity contribution in [3.63, 3.8) is 0 Å². The van der Waals surface area contributed by atoms with E-state index in [0.29, 0.717) is 39.0 Å². The number of nitrogens with one attached hydrogen (secondary N) is 1. The zero-order chi connectivity index (χ0) is 18.7. The predicted molar refractivity (Wildman–Crippen MR) is 99.3 cm³/mol. The molecule has 0 spiro atoms. The Bertz CT molecular complexity index is 942. The highest BCUT2D eigenvalue weighted by Gasteiger charge is 2.21. The molecule has 0 saturated carbocycles. The molecule has 0 fully saturated rings. The first kappa shape index (κ1) is 18.7. The molecule has 0 bridgehead atoms. The molecule has 0 aliphatic heterocycles. The van der Waals surface area contributed by atoms with Crippen molar-refractivity contribution in [2.45, 2.75) is 31.3 Å². The Labute approximate surface area is 163 Å². The van der Waals surface area contributed by atoms with Crippen molar-refractivity contribution in [1.82, 2.24) is 25.1 Å². The van der Waals surface area contributed by atoms with E-state index >= 15 is 0 Å². The van der Waals surface area contributed by atoms with Gasteiger partial charge in [-0.05, 0) is 34.9 Å². The van der Waals surface area contributed by atoms with Gasteiger partial charge in [-0.15, -0.1) is 10.2 Å². The molecule has 0 atom stereocenters. The fraction of sp³-hybridized carbons (Fsp3) is 0.267. The van der Waals surface area contributed by atoms with Gasteiger partial charge in [0.05, 0.1) is 0 Å². The van der Waals surface area contributed by atoms with E-state index in [0.717, 1.165) is 5.56 Å². The Hall–Kier alpha value is -2.10. The van der Waals surface area contributed by atoms with E-state index in [-0.39, 0.29) is 11.7 Å². The Kier molecular flexibility index (Phi) is 5.80. The van der Waals surface area contributed by atoms with Crippen LogP contribution in [0.2, 0.25) is 10.0 Å². The lowest BCUT2D eigenvalue weighted by atomic mass is 10.2. The van der Waals surface area contributed by atoms with Crippen molar-refractivity contribution in [2.24, 2.45) is 0 Å². The summed E-state index contributed by atoms with van der Waals surface area (Å²) in [6, 6.07) is 5.37. The molecule has 2 heterocycles. The van der Waals surface area contributed by atoms with Crippen molar-refractivity contribution < 1.29 is 9.42 Å². The minimum atomic E-state index is -0.281. The monoisotopic (exact) mass is 412 g/mol. The lowest BCUT2D eigenvalue weighted by Crippen LogP contribution is -2.08. The predicted octanol–water partition coefficient (Wildman–Crippen LogP) is 3.91. The Morgan fingerprint density at radius 3 is 2.81 bits per heavy atom. The molecule has 1 amide bonds. The Morgan fingerprint density at radius 1 is 1.31 bits per heavy atom. The number of amides is 1. The summed E-state index contributed by atoms with van der Waals surface area (Å²) in [5.74, 6) is 0.986. The van der Waals surface area contributed by atoms with Gasteiger partial charge in [-0.3, -0.25) is 4.79 Å². The summed E-state index contributed by atoms with van der Waals surface area (Å²) in [6.45, 7) is 3.93. The lowest BCUT2D eigenvalue weighted by Gasteiger charge is -2.07. The van der Waals surface area contributed by atoms with Gasteiger partial charge in [-0.25, -0.2) is 4.63 Å². The van der Waals surface area contributed by atoms with Crippen LogP contribution >= 0.6 is 35.0 Å². The summed E-state index contributed by atoms with van der Waals surface area (Å²) in [5.41, 5.74) is 1.27. The maximum Gasteiger partial charge on any atom is 0.222 e. The van der Waals surface area contributed by atoms with Crippen LogP contribution in [0.15, 0.2) is 28.0 Å². The highest BCUT2D eigenvalue weighted by molar-refractivity contribution is 7.98. The van der Waals surface area contributed by atoms with Crippen LogP contribution in [0.3, 0.4) is 0 Å². The van der Waals surface area contributed by atoms with Gasteiger partial charge in [0.2, 0.25) is 11.7 Å². The topological polar surface area (TPSA) is 98.7 Å². The first-order valence-electron chi connectivity index (χ1n) is 7.60. The molecule has 26 heavy (non-hydrogen) atoms. The normalized spacial score (nSPS) is 10.9. The van der Waals surface area contributed by atoms with Gasteiger partial charge in [0, 0.05) is 29.3 Å². The van der Waals surface area contributed by atoms with Crippen LogP contribution in [0.5, 0.6) is 0 Å². The van der Waals surface area contributed by atoms with E-state index < -0.39 is 0 Å². The molecule has 0 aliphatic rings. The van der Waals surface area contributed by atoms with Gasteiger partial charge in [0.15, 0.2) is 16.7 Å².